The van der Waals surface area contributed by atoms with E-state index in [1.807, 2.05) is 13.8 Å². The molecule has 1 saturated heterocycles. The zero-order chi connectivity index (χ0) is 30.2. The topological polar surface area (TPSA) is 127 Å². The summed E-state index contributed by atoms with van der Waals surface area (Å²) in [7, 11) is 1.45. The minimum absolute atomic E-state index is 0.102. The molecule has 1 fully saturated rings. The molecule has 1 amide bonds. The number of hydrogen-bond acceptors (Lipinski definition) is 8. The summed E-state index contributed by atoms with van der Waals surface area (Å²) in [6.45, 7) is 5.92. The van der Waals surface area contributed by atoms with Gasteiger partial charge in [-0.2, -0.15) is 0 Å². The lowest BCUT2D eigenvalue weighted by Gasteiger charge is -2.27. The van der Waals surface area contributed by atoms with E-state index < -0.39 is 23.7 Å². The number of carbonyl (C=O) groups excluding carboxylic acids is 2. The van der Waals surface area contributed by atoms with Crippen LogP contribution in [0.15, 0.2) is 42.5 Å². The maximum atomic E-state index is 14.0. The van der Waals surface area contributed by atoms with Crippen molar-refractivity contribution < 1.29 is 38.4 Å². The molecule has 0 aliphatic carbocycles. The molecule has 3 N–H and O–H groups in total. The first-order chi connectivity index (χ1) is 20.0. The minimum atomic E-state index is -1.84. The number of rotatable bonds is 10. The monoisotopic (exact) mass is 578 g/mol. The van der Waals surface area contributed by atoms with Crippen molar-refractivity contribution in [3.8, 4) is 28.5 Å². The highest BCUT2D eigenvalue weighted by Crippen LogP contribution is 2.46. The molecule has 2 aromatic carbocycles. The number of amides is 1. The zero-order valence-electron chi connectivity index (χ0n) is 24.1. The molecular formula is C32H35FN2O7. The summed E-state index contributed by atoms with van der Waals surface area (Å²) < 4.78 is 31.2. The molecule has 0 saturated carbocycles. The molecule has 0 spiro atoms. The first kappa shape index (κ1) is 29.5. The van der Waals surface area contributed by atoms with Crippen LogP contribution in [0.5, 0.6) is 17.2 Å². The highest BCUT2D eigenvalue weighted by atomic mass is 19.1. The van der Waals surface area contributed by atoms with Gasteiger partial charge >= 0.3 is 0 Å². The van der Waals surface area contributed by atoms with Crippen molar-refractivity contribution in [1.29, 1.82) is 0 Å². The third-order valence-corrected chi connectivity index (χ3v) is 7.97. The number of Topliss-reactive ketones (excluding diaryl/α,β-unsaturated/α-hetero) is 1. The van der Waals surface area contributed by atoms with E-state index in [1.165, 1.54) is 19.2 Å². The maximum absolute atomic E-state index is 14.0. The first-order valence-corrected chi connectivity index (χ1v) is 13.9. The fourth-order valence-corrected chi connectivity index (χ4v) is 5.27. The van der Waals surface area contributed by atoms with E-state index in [1.54, 1.807) is 37.3 Å². The first-order valence-electron chi connectivity index (χ1n) is 13.9. The molecule has 222 valence electrons. The van der Waals surface area contributed by atoms with Crippen molar-refractivity contribution in [2.45, 2.75) is 57.2 Å². The number of aryl methyl sites for hydroxylation is 1. The Morgan fingerprint density at radius 3 is 2.67 bits per heavy atom. The molecule has 3 aromatic rings. The summed E-state index contributed by atoms with van der Waals surface area (Å²) in [5.74, 6) is 0.366. The van der Waals surface area contributed by atoms with E-state index in [4.69, 9.17) is 19.2 Å². The summed E-state index contributed by atoms with van der Waals surface area (Å²) in [6, 6.07) is 11.0. The number of benzene rings is 2. The molecule has 0 radical (unpaired) electrons. The molecule has 2 aliphatic heterocycles. The predicted molar refractivity (Wildman–Crippen MR) is 152 cm³/mol. The van der Waals surface area contributed by atoms with Crippen LogP contribution < -0.4 is 19.5 Å². The van der Waals surface area contributed by atoms with Crippen LogP contribution in [0.4, 0.5) is 4.39 Å². The lowest BCUT2D eigenvalue weighted by Crippen LogP contribution is -2.33. The largest absolute Gasteiger partial charge is 0.493 e. The Bertz CT molecular complexity index is 1540. The molecule has 42 heavy (non-hydrogen) atoms. The smallest absolute Gasteiger partial charge is 0.261 e. The number of aromatic nitrogens is 1. The summed E-state index contributed by atoms with van der Waals surface area (Å²) in [5, 5.41) is 24.7. The van der Waals surface area contributed by atoms with Crippen LogP contribution in [-0.2, 0) is 15.8 Å². The lowest BCUT2D eigenvalue weighted by molar-refractivity contribution is -0.124. The van der Waals surface area contributed by atoms with Crippen molar-refractivity contribution in [1.82, 2.24) is 10.3 Å². The number of ether oxygens (including phenoxy) is 3. The fraction of sp³-hybridized carbons (Fsp3) is 0.406. The zero-order valence-corrected chi connectivity index (χ0v) is 24.1. The second kappa shape index (κ2) is 11.3. The van der Waals surface area contributed by atoms with Crippen molar-refractivity contribution >= 4 is 11.7 Å². The van der Waals surface area contributed by atoms with Crippen LogP contribution in [0.1, 0.15) is 60.3 Å². The minimum Gasteiger partial charge on any atom is -0.493 e. The molecule has 9 nitrogen and oxygen atoms in total. The Labute approximate surface area is 243 Å². The van der Waals surface area contributed by atoms with Gasteiger partial charge in [-0.25, -0.2) is 9.37 Å². The van der Waals surface area contributed by atoms with Crippen LogP contribution >= 0.6 is 0 Å². The van der Waals surface area contributed by atoms with Gasteiger partial charge in [0.15, 0.2) is 23.4 Å². The third-order valence-electron chi connectivity index (χ3n) is 7.97. The summed E-state index contributed by atoms with van der Waals surface area (Å²) in [4.78, 5) is 29.8. The number of fused-ring (bicyclic) bond motifs is 1. The van der Waals surface area contributed by atoms with Gasteiger partial charge in [0, 0.05) is 41.5 Å². The number of nitrogens with zero attached hydrogens (tertiary/aromatic N) is 1. The average molecular weight is 579 g/mol. The Kier molecular flexibility index (Phi) is 7.96. The van der Waals surface area contributed by atoms with Gasteiger partial charge in [0.1, 0.15) is 22.9 Å². The van der Waals surface area contributed by atoms with Crippen LogP contribution in [0, 0.1) is 12.7 Å². The molecule has 3 heterocycles. The van der Waals surface area contributed by atoms with Gasteiger partial charge < -0.3 is 29.7 Å². The summed E-state index contributed by atoms with van der Waals surface area (Å²) in [6.07, 6.45) is -0.306. The van der Waals surface area contributed by atoms with Crippen LogP contribution in [0.2, 0.25) is 0 Å². The summed E-state index contributed by atoms with van der Waals surface area (Å²) >= 11 is 0. The number of halogens is 1. The number of ketones is 1. The van der Waals surface area contributed by atoms with Crippen LogP contribution in [0.25, 0.3) is 11.3 Å². The average Bonchev–Trinajstić information content (AvgIpc) is 3.53. The van der Waals surface area contributed by atoms with E-state index >= 15 is 0 Å². The van der Waals surface area contributed by atoms with Gasteiger partial charge in [-0.3, -0.25) is 9.59 Å². The Balaban J connectivity index is 1.41. The maximum Gasteiger partial charge on any atom is 0.261 e. The Morgan fingerprint density at radius 2 is 2.00 bits per heavy atom. The SMILES string of the molecule is COc1cc(C(=O)CCC(O)(CO)c2cc3c(c(-c4ccc(F)c(C)c4)n2)OCC3(C)C)ccc1OC1CCNC1=O. The molecule has 1 aromatic heterocycles. The highest BCUT2D eigenvalue weighted by Gasteiger charge is 2.39. The third kappa shape index (κ3) is 5.56. The van der Waals surface area contributed by atoms with E-state index in [2.05, 4.69) is 5.32 Å². The van der Waals surface area contributed by atoms with Gasteiger partial charge in [0.05, 0.1) is 26.0 Å². The highest BCUT2D eigenvalue weighted by molar-refractivity contribution is 5.96. The van der Waals surface area contributed by atoms with Crippen molar-refractivity contribution in [2.75, 3.05) is 26.9 Å². The predicted octanol–water partition coefficient (Wildman–Crippen LogP) is 3.99. The molecule has 0 bridgehead atoms. The normalized spacial score (nSPS) is 18.5. The quantitative estimate of drug-likeness (QED) is 0.309. The molecule has 2 unspecified atom stereocenters. The van der Waals surface area contributed by atoms with Gasteiger partial charge in [0.2, 0.25) is 0 Å². The molecule has 10 heteroatoms. The number of aliphatic hydroxyl groups is 2. The Hall–Kier alpha value is -4.02. The van der Waals surface area contributed by atoms with Crippen molar-refractivity contribution in [3.63, 3.8) is 0 Å². The number of aliphatic hydroxyl groups excluding tert-OH is 1. The number of methoxy groups -OCH3 is 1. The fourth-order valence-electron chi connectivity index (χ4n) is 5.27. The molecular weight excluding hydrogens is 543 g/mol. The lowest BCUT2D eigenvalue weighted by atomic mass is 9.83. The molecule has 2 aliphatic rings. The number of pyridine rings is 1. The standard InChI is InChI=1S/C32H35FN2O7/c1-18-13-20(5-7-22(18)33)28-29-21(31(2,3)17-41-29)15-27(35-28)32(39,16-36)11-9-23(37)19-6-8-24(26(14-19)40-4)42-25-10-12-34-30(25)38/h5-8,13-15,25,36,39H,9-12,16-17H2,1-4H3,(H,34,38). The Morgan fingerprint density at radius 1 is 1.21 bits per heavy atom. The van der Waals surface area contributed by atoms with E-state index in [9.17, 15) is 24.2 Å². The van der Waals surface area contributed by atoms with Gasteiger partial charge in [-0.15, -0.1) is 0 Å². The van der Waals surface area contributed by atoms with Crippen molar-refractivity contribution in [3.05, 3.63) is 70.7 Å². The number of nitrogens with one attached hydrogen (secondary N) is 1. The van der Waals surface area contributed by atoms with E-state index in [0.29, 0.717) is 59.2 Å². The van der Waals surface area contributed by atoms with E-state index in [-0.39, 0.29) is 36.0 Å². The van der Waals surface area contributed by atoms with Crippen molar-refractivity contribution in [2.24, 2.45) is 0 Å². The number of carbonyl (C=O) groups is 2. The second-order valence-electron chi connectivity index (χ2n) is 11.5. The van der Waals surface area contributed by atoms with E-state index in [0.717, 1.165) is 5.56 Å². The summed E-state index contributed by atoms with van der Waals surface area (Å²) in [5.41, 5.74) is 0.582. The van der Waals surface area contributed by atoms with Gasteiger partial charge in [-0.05, 0) is 61.4 Å². The van der Waals surface area contributed by atoms with Gasteiger partial charge in [0.25, 0.3) is 5.91 Å². The molecule has 2 atom stereocenters. The second-order valence-corrected chi connectivity index (χ2v) is 11.5. The van der Waals surface area contributed by atoms with Crippen LogP contribution in [-0.4, -0.2) is 59.9 Å². The molecule has 5 rings (SSSR count). The van der Waals surface area contributed by atoms with Crippen LogP contribution in [0.3, 0.4) is 0 Å². The van der Waals surface area contributed by atoms with Gasteiger partial charge in [-0.1, -0.05) is 13.8 Å². The number of hydrogen-bond donors (Lipinski definition) is 3.